The molecule has 3 saturated carbocycles. The second kappa shape index (κ2) is 9.96. The summed E-state index contributed by atoms with van der Waals surface area (Å²) in [6, 6.07) is 0. The molecule has 4 fully saturated rings. The van der Waals surface area contributed by atoms with Gasteiger partial charge in [0.05, 0.1) is 5.69 Å². The SMILES string of the molecule is CC1(C)CC[C@]2(c3[nH][nH]c(=O)c3N3CCN(C(=O)O)CC3)CC[C@]3(C)C(=CCC4[C@@]5(C)Cc6c(N)n[nH]c6C(C)(C)C5CC[C@]43C)C2C1. The first kappa shape index (κ1) is 32.1. The average molecular weight is 660 g/mol. The van der Waals surface area contributed by atoms with Gasteiger partial charge in [0.1, 0.15) is 11.5 Å². The topological polar surface area (TPSA) is 147 Å². The summed E-state index contributed by atoms with van der Waals surface area (Å²) in [5, 5.41) is 23.9. The summed E-state index contributed by atoms with van der Waals surface area (Å²) in [7, 11) is 0. The van der Waals surface area contributed by atoms with Crippen LogP contribution in [0.5, 0.6) is 0 Å². The fourth-order valence-corrected chi connectivity index (χ4v) is 13.3. The smallest absolute Gasteiger partial charge is 0.407 e. The molecular weight excluding hydrogens is 602 g/mol. The average Bonchev–Trinajstić information content (AvgIpc) is 3.59. The number of H-pyrrole nitrogens is 3. The van der Waals surface area contributed by atoms with E-state index in [-0.39, 0.29) is 38.0 Å². The highest BCUT2D eigenvalue weighted by Crippen LogP contribution is 2.75. The summed E-state index contributed by atoms with van der Waals surface area (Å²) in [4.78, 5) is 28.9. The third-order valence-electron chi connectivity index (χ3n) is 16.0. The fraction of sp³-hybridized carbons (Fsp3) is 0.763. The molecule has 0 spiro atoms. The lowest BCUT2D eigenvalue weighted by Gasteiger charge is -2.71. The Morgan fingerprint density at radius 3 is 2.35 bits per heavy atom. The number of piperazine rings is 1. The van der Waals surface area contributed by atoms with Crippen molar-refractivity contribution in [1.29, 1.82) is 0 Å². The number of nitrogen functional groups attached to an aromatic ring is 1. The highest BCUT2D eigenvalue weighted by atomic mass is 16.4. The maximum Gasteiger partial charge on any atom is 0.407 e. The minimum atomic E-state index is -0.887. The molecule has 2 aromatic rings. The second-order valence-electron chi connectivity index (χ2n) is 18.8. The highest BCUT2D eigenvalue weighted by Gasteiger charge is 2.69. The van der Waals surface area contributed by atoms with Gasteiger partial charge in [-0.3, -0.25) is 20.1 Å². The number of aromatic nitrogens is 4. The lowest BCUT2D eigenvalue weighted by molar-refractivity contribution is -0.154. The van der Waals surface area contributed by atoms with Crippen LogP contribution in [0, 0.1) is 39.4 Å². The number of nitrogens with two attached hydrogens (primary N) is 1. The zero-order valence-electron chi connectivity index (χ0n) is 30.2. The minimum absolute atomic E-state index is 0.0131. The van der Waals surface area contributed by atoms with Crippen LogP contribution in [0.2, 0.25) is 0 Å². The van der Waals surface area contributed by atoms with Gasteiger partial charge < -0.3 is 20.6 Å². The first-order chi connectivity index (χ1) is 22.5. The monoisotopic (exact) mass is 659 g/mol. The van der Waals surface area contributed by atoms with E-state index in [4.69, 9.17) is 5.73 Å². The molecule has 1 amide bonds. The Labute approximate surface area is 284 Å². The van der Waals surface area contributed by atoms with Crippen LogP contribution in [0.25, 0.3) is 0 Å². The van der Waals surface area contributed by atoms with Crippen molar-refractivity contribution in [2.75, 3.05) is 36.8 Å². The molecule has 0 aromatic carbocycles. The molecule has 0 bridgehead atoms. The lowest BCUT2D eigenvalue weighted by atomic mass is 9.33. The van der Waals surface area contributed by atoms with E-state index >= 15 is 0 Å². The second-order valence-corrected chi connectivity index (χ2v) is 18.8. The summed E-state index contributed by atoms with van der Waals surface area (Å²) in [5.41, 5.74) is 12.8. The van der Waals surface area contributed by atoms with Gasteiger partial charge in [-0.1, -0.05) is 60.1 Å². The molecular formula is C38H57N7O3. The van der Waals surface area contributed by atoms with Gasteiger partial charge in [0.2, 0.25) is 0 Å². The Hall–Kier alpha value is -3.17. The molecule has 3 heterocycles. The number of rotatable bonds is 2. The third kappa shape index (κ3) is 4.00. The quantitative estimate of drug-likeness (QED) is 0.230. The van der Waals surface area contributed by atoms with Crippen molar-refractivity contribution in [3.63, 3.8) is 0 Å². The molecule has 6 aliphatic rings. The Bertz CT molecular complexity index is 1740. The van der Waals surface area contributed by atoms with E-state index in [1.165, 1.54) is 29.0 Å². The molecule has 10 heteroatoms. The van der Waals surface area contributed by atoms with Gasteiger partial charge >= 0.3 is 6.09 Å². The first-order valence-electron chi connectivity index (χ1n) is 18.6. The van der Waals surface area contributed by atoms with Crippen molar-refractivity contribution < 1.29 is 9.90 Å². The number of carbonyl (C=O) groups is 1. The zero-order chi connectivity index (χ0) is 34.2. The van der Waals surface area contributed by atoms with Crippen LogP contribution < -0.4 is 16.2 Å². The van der Waals surface area contributed by atoms with Gasteiger partial charge in [-0.2, -0.15) is 5.10 Å². The van der Waals surface area contributed by atoms with Gasteiger partial charge in [0.15, 0.2) is 0 Å². The maximum absolute atomic E-state index is 13.6. The van der Waals surface area contributed by atoms with E-state index in [9.17, 15) is 14.7 Å². The van der Waals surface area contributed by atoms with Gasteiger partial charge in [-0.25, -0.2) is 4.79 Å². The summed E-state index contributed by atoms with van der Waals surface area (Å²) >= 11 is 0. The number of allylic oxidation sites excluding steroid dienone is 2. The molecule has 5 aliphatic carbocycles. The van der Waals surface area contributed by atoms with E-state index in [0.29, 0.717) is 49.8 Å². The van der Waals surface area contributed by atoms with Crippen LogP contribution in [0.15, 0.2) is 16.4 Å². The fourth-order valence-electron chi connectivity index (χ4n) is 13.3. The largest absolute Gasteiger partial charge is 0.465 e. The molecule has 1 aliphatic heterocycles. The number of amides is 1. The summed E-state index contributed by atoms with van der Waals surface area (Å²) < 4.78 is 0. The molecule has 10 nitrogen and oxygen atoms in total. The summed E-state index contributed by atoms with van der Waals surface area (Å²) in [6.07, 6.45) is 11.7. The number of carboxylic acid groups (broad SMARTS) is 1. The molecule has 262 valence electrons. The number of nitrogens with one attached hydrogen (secondary N) is 3. The molecule has 7 atom stereocenters. The van der Waals surface area contributed by atoms with E-state index in [0.717, 1.165) is 56.3 Å². The molecule has 6 N–H and O–H groups in total. The van der Waals surface area contributed by atoms with E-state index in [1.54, 1.807) is 5.57 Å². The molecule has 2 aromatic heterocycles. The van der Waals surface area contributed by atoms with Crippen LogP contribution in [0.4, 0.5) is 16.3 Å². The molecule has 1 saturated heterocycles. The number of anilines is 2. The van der Waals surface area contributed by atoms with Crippen LogP contribution >= 0.6 is 0 Å². The molecule has 0 radical (unpaired) electrons. The van der Waals surface area contributed by atoms with Crippen LogP contribution in [-0.2, 0) is 17.3 Å². The Balaban J connectivity index is 1.21. The van der Waals surface area contributed by atoms with Gasteiger partial charge in [0.25, 0.3) is 5.56 Å². The van der Waals surface area contributed by atoms with E-state index in [2.05, 4.69) is 79.8 Å². The van der Waals surface area contributed by atoms with Crippen molar-refractivity contribution in [1.82, 2.24) is 25.3 Å². The Morgan fingerprint density at radius 2 is 1.65 bits per heavy atom. The minimum Gasteiger partial charge on any atom is -0.465 e. The van der Waals surface area contributed by atoms with Crippen molar-refractivity contribution in [3.8, 4) is 0 Å². The first-order valence-corrected chi connectivity index (χ1v) is 18.6. The van der Waals surface area contributed by atoms with Crippen molar-refractivity contribution in [2.45, 2.75) is 117 Å². The number of nitrogens with zero attached hydrogens (tertiary/aromatic N) is 3. The van der Waals surface area contributed by atoms with Crippen molar-refractivity contribution in [2.24, 2.45) is 39.4 Å². The Kier molecular flexibility index (Phi) is 6.65. The van der Waals surface area contributed by atoms with E-state index in [1.807, 2.05) is 0 Å². The Morgan fingerprint density at radius 1 is 0.938 bits per heavy atom. The van der Waals surface area contributed by atoms with Crippen molar-refractivity contribution >= 4 is 17.6 Å². The standard InChI is InChI=1S/C38H57N7O3/c1-33(2)12-14-38(29-27(31(46)43-41-29)44-16-18-45(19-17-44)32(47)48)15-13-36(6)23(24(38)21-33)8-9-26-35(5)20-22-28(40-42-30(22)39)34(3,4)25(35)10-11-37(26,36)7/h8,24-26H,9-21H2,1-7H3,(H,47,48)(H3,39,40,42)(H2,41,43,46)/t24?,25?,26?,35-,36+,37+,38-/m0/s1. The number of fused-ring (bicyclic) bond motifs is 8. The summed E-state index contributed by atoms with van der Waals surface area (Å²) in [6.45, 7) is 19.4. The zero-order valence-corrected chi connectivity index (χ0v) is 30.2. The van der Waals surface area contributed by atoms with Crippen LogP contribution in [0.3, 0.4) is 0 Å². The summed E-state index contributed by atoms with van der Waals surface area (Å²) in [5.74, 6) is 2.11. The lowest BCUT2D eigenvalue weighted by Crippen LogP contribution is -2.64. The third-order valence-corrected chi connectivity index (χ3v) is 16.0. The normalized spacial score (nSPS) is 39.7. The van der Waals surface area contributed by atoms with Crippen molar-refractivity contribution in [3.05, 3.63) is 39.0 Å². The van der Waals surface area contributed by atoms with Crippen LogP contribution in [0.1, 0.15) is 117 Å². The van der Waals surface area contributed by atoms with Gasteiger partial charge in [-0.15, -0.1) is 0 Å². The molecule has 48 heavy (non-hydrogen) atoms. The number of hydrogen-bond donors (Lipinski definition) is 5. The number of hydrogen-bond acceptors (Lipinski definition) is 5. The number of aromatic amines is 3. The van der Waals surface area contributed by atoms with Gasteiger partial charge in [0, 0.05) is 48.3 Å². The molecule has 8 rings (SSSR count). The van der Waals surface area contributed by atoms with Gasteiger partial charge in [-0.05, 0) is 97.2 Å². The predicted molar refractivity (Wildman–Crippen MR) is 188 cm³/mol. The maximum atomic E-state index is 13.6. The highest BCUT2D eigenvalue weighted by molar-refractivity contribution is 5.66. The predicted octanol–water partition coefficient (Wildman–Crippen LogP) is 6.58. The molecule has 3 unspecified atom stereocenters. The van der Waals surface area contributed by atoms with Crippen LogP contribution in [-0.4, -0.2) is 62.7 Å². The van der Waals surface area contributed by atoms with E-state index < -0.39 is 6.09 Å².